The quantitative estimate of drug-likeness (QED) is 0.698. The van der Waals surface area contributed by atoms with Crippen molar-refractivity contribution in [3.63, 3.8) is 0 Å². The normalized spacial score (nSPS) is 16.7. The van der Waals surface area contributed by atoms with Crippen LogP contribution in [0.3, 0.4) is 0 Å². The van der Waals surface area contributed by atoms with E-state index < -0.39 is 0 Å². The van der Waals surface area contributed by atoms with Gasteiger partial charge in [0.25, 0.3) is 0 Å². The molecule has 140 valence electrons. The third-order valence-corrected chi connectivity index (χ3v) is 5.62. The molecular weight excluding hydrogens is 362 g/mol. The van der Waals surface area contributed by atoms with Crippen molar-refractivity contribution in [3.05, 3.63) is 41.2 Å². The van der Waals surface area contributed by atoms with Crippen LogP contribution in [-0.2, 0) is 11.2 Å². The first-order chi connectivity index (χ1) is 13.1. The van der Waals surface area contributed by atoms with E-state index in [2.05, 4.69) is 30.2 Å². The van der Waals surface area contributed by atoms with Gasteiger partial charge < -0.3 is 15.2 Å². The molecule has 1 unspecified atom stereocenters. The maximum Gasteiger partial charge on any atom is 0.226 e. The molecule has 1 saturated heterocycles. The van der Waals surface area contributed by atoms with Crippen LogP contribution in [0.5, 0.6) is 0 Å². The minimum Gasteiger partial charge on any atom is -0.351 e. The van der Waals surface area contributed by atoms with Gasteiger partial charge in [0.1, 0.15) is 0 Å². The van der Waals surface area contributed by atoms with Crippen LogP contribution in [0.15, 0.2) is 24.8 Å². The van der Waals surface area contributed by atoms with Gasteiger partial charge >= 0.3 is 0 Å². The van der Waals surface area contributed by atoms with Crippen molar-refractivity contribution in [2.24, 2.45) is 0 Å². The summed E-state index contributed by atoms with van der Waals surface area (Å²) in [6.45, 7) is 5.53. The summed E-state index contributed by atoms with van der Waals surface area (Å²) in [4.78, 5) is 35.9. The Balaban J connectivity index is 1.41. The summed E-state index contributed by atoms with van der Waals surface area (Å²) in [5, 5.41) is 4.12. The van der Waals surface area contributed by atoms with E-state index in [1.807, 2.05) is 19.9 Å². The molecule has 2 N–H and O–H groups in total. The summed E-state index contributed by atoms with van der Waals surface area (Å²) in [6, 6.07) is 2.02. The summed E-state index contributed by atoms with van der Waals surface area (Å²) in [5.74, 6) is 0.694. The summed E-state index contributed by atoms with van der Waals surface area (Å²) in [6.07, 6.45) is 6.23. The maximum atomic E-state index is 12.2. The minimum atomic E-state index is -0.00321. The minimum absolute atomic E-state index is 0.00321. The number of hydrogen-bond acceptors (Lipinski definition) is 7. The topological polar surface area (TPSA) is 99.7 Å². The number of carbonyl (C=O) groups excluding carboxylic acids is 1. The number of nitrogens with zero attached hydrogens (tertiary/aromatic N) is 5. The molecular formula is C18H21N7OS. The number of aromatic nitrogens is 5. The lowest BCUT2D eigenvalue weighted by atomic mass is 10.2. The molecule has 4 rings (SSSR count). The first-order valence-corrected chi connectivity index (χ1v) is 9.69. The third-order valence-electron chi connectivity index (χ3n) is 4.52. The van der Waals surface area contributed by atoms with E-state index in [-0.39, 0.29) is 11.9 Å². The van der Waals surface area contributed by atoms with Crippen LogP contribution in [0.2, 0.25) is 0 Å². The second-order valence-electron chi connectivity index (χ2n) is 6.64. The van der Waals surface area contributed by atoms with E-state index in [0.717, 1.165) is 39.9 Å². The van der Waals surface area contributed by atoms with Crippen molar-refractivity contribution in [3.8, 4) is 10.6 Å². The maximum absolute atomic E-state index is 12.2. The Bertz CT molecular complexity index is 937. The number of nitrogens with one attached hydrogen (secondary N) is 2. The van der Waals surface area contributed by atoms with Crippen LogP contribution in [0.4, 0.5) is 5.95 Å². The lowest BCUT2D eigenvalue weighted by molar-refractivity contribution is -0.121. The standard InChI is InChI=1S/C18H21N7OS/c1-11-17(27-12(2)22-11)15-3-5-20-18(24-15)25-6-4-13(9-25)23-16(26)7-14-8-19-10-21-14/h3,5,8,10,13H,4,6-7,9H2,1-2H3,(H,19,21)(H,23,26). The molecule has 1 amide bonds. The predicted octanol–water partition coefficient (Wildman–Crippen LogP) is 1.88. The highest BCUT2D eigenvalue weighted by molar-refractivity contribution is 7.15. The van der Waals surface area contributed by atoms with Gasteiger partial charge in [-0.05, 0) is 26.3 Å². The summed E-state index contributed by atoms with van der Waals surface area (Å²) in [7, 11) is 0. The van der Waals surface area contributed by atoms with E-state index in [1.54, 1.807) is 30.1 Å². The molecule has 9 heteroatoms. The molecule has 0 bridgehead atoms. The fourth-order valence-corrected chi connectivity index (χ4v) is 4.18. The molecule has 1 atom stereocenters. The first-order valence-electron chi connectivity index (χ1n) is 8.87. The zero-order valence-corrected chi connectivity index (χ0v) is 16.1. The van der Waals surface area contributed by atoms with Crippen LogP contribution < -0.4 is 10.2 Å². The number of carbonyl (C=O) groups is 1. The number of aryl methyl sites for hydroxylation is 2. The molecule has 1 aliphatic heterocycles. The molecule has 0 aromatic carbocycles. The molecule has 1 aliphatic rings. The highest BCUT2D eigenvalue weighted by Gasteiger charge is 2.26. The monoisotopic (exact) mass is 383 g/mol. The Morgan fingerprint density at radius 2 is 2.30 bits per heavy atom. The number of anilines is 1. The van der Waals surface area contributed by atoms with Gasteiger partial charge in [0.2, 0.25) is 11.9 Å². The van der Waals surface area contributed by atoms with E-state index >= 15 is 0 Å². The number of amides is 1. The van der Waals surface area contributed by atoms with Gasteiger partial charge in [-0.25, -0.2) is 19.9 Å². The predicted molar refractivity (Wildman–Crippen MR) is 104 cm³/mol. The van der Waals surface area contributed by atoms with Gasteiger partial charge in [0, 0.05) is 37.2 Å². The molecule has 27 heavy (non-hydrogen) atoms. The van der Waals surface area contributed by atoms with Gasteiger partial charge in [0.05, 0.1) is 34.0 Å². The van der Waals surface area contributed by atoms with Gasteiger partial charge in [-0.15, -0.1) is 11.3 Å². The molecule has 8 nitrogen and oxygen atoms in total. The molecule has 1 fully saturated rings. The highest BCUT2D eigenvalue weighted by Crippen LogP contribution is 2.29. The zero-order valence-electron chi connectivity index (χ0n) is 15.3. The Morgan fingerprint density at radius 3 is 3.04 bits per heavy atom. The van der Waals surface area contributed by atoms with E-state index in [1.165, 1.54) is 0 Å². The van der Waals surface area contributed by atoms with Crippen LogP contribution in [0, 0.1) is 13.8 Å². The lowest BCUT2D eigenvalue weighted by Gasteiger charge is -2.17. The molecule has 0 saturated carbocycles. The largest absolute Gasteiger partial charge is 0.351 e. The van der Waals surface area contributed by atoms with Crippen molar-refractivity contribution in [2.75, 3.05) is 18.0 Å². The molecule has 0 radical (unpaired) electrons. The Kier molecular flexibility index (Phi) is 4.85. The fraction of sp³-hybridized carbons (Fsp3) is 0.389. The van der Waals surface area contributed by atoms with Crippen LogP contribution in [-0.4, -0.2) is 50.0 Å². The zero-order chi connectivity index (χ0) is 18.8. The van der Waals surface area contributed by atoms with Crippen LogP contribution in [0.1, 0.15) is 22.8 Å². The lowest BCUT2D eigenvalue weighted by Crippen LogP contribution is -2.38. The number of aromatic amines is 1. The van der Waals surface area contributed by atoms with Gasteiger partial charge in [-0.2, -0.15) is 0 Å². The average Bonchev–Trinajstić information content (AvgIpc) is 3.37. The summed E-state index contributed by atoms with van der Waals surface area (Å²) < 4.78 is 0. The van der Waals surface area contributed by atoms with E-state index in [9.17, 15) is 4.79 Å². The van der Waals surface area contributed by atoms with Crippen molar-refractivity contribution >= 4 is 23.2 Å². The number of rotatable bonds is 5. The van der Waals surface area contributed by atoms with E-state index in [0.29, 0.717) is 18.9 Å². The molecule has 0 spiro atoms. The second-order valence-corrected chi connectivity index (χ2v) is 7.85. The van der Waals surface area contributed by atoms with Crippen molar-refractivity contribution in [1.29, 1.82) is 0 Å². The summed E-state index contributed by atoms with van der Waals surface area (Å²) >= 11 is 1.64. The first kappa shape index (κ1) is 17.6. The Hall–Kier alpha value is -2.81. The molecule has 3 aromatic rings. The van der Waals surface area contributed by atoms with Crippen LogP contribution >= 0.6 is 11.3 Å². The van der Waals surface area contributed by atoms with Gasteiger partial charge in [-0.3, -0.25) is 4.79 Å². The Labute approximate surface area is 161 Å². The highest BCUT2D eigenvalue weighted by atomic mass is 32.1. The molecule has 0 aliphatic carbocycles. The van der Waals surface area contributed by atoms with Crippen molar-refractivity contribution < 1.29 is 4.79 Å². The molecule has 4 heterocycles. The number of imidazole rings is 1. The van der Waals surface area contributed by atoms with Gasteiger partial charge in [0.15, 0.2) is 0 Å². The average molecular weight is 383 g/mol. The van der Waals surface area contributed by atoms with Gasteiger partial charge in [-0.1, -0.05) is 0 Å². The smallest absolute Gasteiger partial charge is 0.226 e. The SMILES string of the molecule is Cc1nc(C)c(-c2ccnc(N3CCC(NC(=O)Cc4cnc[nH]4)C3)n2)s1. The van der Waals surface area contributed by atoms with E-state index in [4.69, 9.17) is 4.98 Å². The molecule has 3 aromatic heterocycles. The number of H-pyrrole nitrogens is 1. The fourth-order valence-electron chi connectivity index (χ4n) is 3.29. The van der Waals surface area contributed by atoms with Crippen molar-refractivity contribution in [1.82, 2.24) is 30.2 Å². The number of thiazole rings is 1. The second kappa shape index (κ2) is 7.43. The van der Waals surface area contributed by atoms with Crippen molar-refractivity contribution in [2.45, 2.75) is 32.7 Å². The van der Waals surface area contributed by atoms with Crippen LogP contribution in [0.25, 0.3) is 10.6 Å². The Morgan fingerprint density at radius 1 is 1.41 bits per heavy atom. The third kappa shape index (κ3) is 3.97. The summed E-state index contributed by atoms with van der Waals surface area (Å²) in [5.41, 5.74) is 2.70. The number of hydrogen-bond donors (Lipinski definition) is 2.